The van der Waals surface area contributed by atoms with E-state index in [1.54, 1.807) is 7.05 Å². The predicted octanol–water partition coefficient (Wildman–Crippen LogP) is 3.47. The molecular weight excluding hydrogens is 287 g/mol. The zero-order valence-corrected chi connectivity index (χ0v) is 12.1. The lowest BCUT2D eigenvalue weighted by Crippen LogP contribution is -2.37. The first-order valence-corrected chi connectivity index (χ1v) is 7.05. The van der Waals surface area contributed by atoms with Crippen LogP contribution in [-0.2, 0) is 6.18 Å². The second-order valence-electron chi connectivity index (χ2n) is 4.53. The van der Waals surface area contributed by atoms with Gasteiger partial charge in [-0.1, -0.05) is 0 Å². The molecule has 0 bridgehead atoms. The van der Waals surface area contributed by atoms with Crippen molar-refractivity contribution in [1.29, 1.82) is 5.26 Å². The van der Waals surface area contributed by atoms with E-state index in [4.69, 9.17) is 5.26 Å². The quantitative estimate of drug-likeness (QED) is 0.646. The molecule has 1 aromatic rings. The van der Waals surface area contributed by atoms with E-state index in [0.717, 1.165) is 18.7 Å². The van der Waals surface area contributed by atoms with Gasteiger partial charge < -0.3 is 5.32 Å². The van der Waals surface area contributed by atoms with Crippen LogP contribution in [0.2, 0.25) is 0 Å². The molecule has 3 nitrogen and oxygen atoms in total. The fourth-order valence-corrected chi connectivity index (χ4v) is 2.26. The van der Waals surface area contributed by atoms with Crippen molar-refractivity contribution < 1.29 is 13.2 Å². The summed E-state index contributed by atoms with van der Waals surface area (Å²) in [5.74, 6) is 0.706. The molecule has 0 saturated carbocycles. The van der Waals surface area contributed by atoms with Crippen LogP contribution in [0.3, 0.4) is 0 Å². The topological polar surface area (TPSA) is 48.7 Å². The molecular formula is C13H16F3N3S. The van der Waals surface area contributed by atoms with Gasteiger partial charge in [-0.2, -0.15) is 18.4 Å². The number of nitrogens with one attached hydrogen (secondary N) is 1. The maximum absolute atomic E-state index is 12.4. The number of nitrogens with zero attached hydrogens (tertiary/aromatic N) is 2. The van der Waals surface area contributed by atoms with Crippen LogP contribution in [0.5, 0.6) is 0 Å². The molecule has 1 N–H and O–H groups in total. The lowest BCUT2D eigenvalue weighted by atomic mass is 9.99. The van der Waals surface area contributed by atoms with Crippen LogP contribution in [0, 0.1) is 11.3 Å². The number of thioether (sulfide) groups is 1. The van der Waals surface area contributed by atoms with E-state index in [1.807, 2.05) is 6.92 Å². The minimum atomic E-state index is -4.35. The third kappa shape index (κ3) is 5.02. The number of halogens is 3. The molecule has 7 heteroatoms. The highest BCUT2D eigenvalue weighted by atomic mass is 32.2. The molecule has 0 aromatic carbocycles. The molecule has 1 heterocycles. The minimum Gasteiger partial charge on any atom is -0.303 e. The van der Waals surface area contributed by atoms with Crippen LogP contribution in [0.1, 0.15) is 25.3 Å². The number of aromatic nitrogens is 1. The van der Waals surface area contributed by atoms with Crippen molar-refractivity contribution in [3.63, 3.8) is 0 Å². The Morgan fingerprint density at radius 3 is 2.55 bits per heavy atom. The van der Waals surface area contributed by atoms with Gasteiger partial charge in [-0.3, -0.25) is 0 Å². The maximum atomic E-state index is 12.4. The van der Waals surface area contributed by atoms with Crippen molar-refractivity contribution >= 4 is 11.8 Å². The molecule has 0 aliphatic heterocycles. The maximum Gasteiger partial charge on any atom is 0.417 e. The largest absolute Gasteiger partial charge is 0.417 e. The van der Waals surface area contributed by atoms with E-state index in [1.165, 1.54) is 17.8 Å². The molecule has 20 heavy (non-hydrogen) atoms. The lowest BCUT2D eigenvalue weighted by molar-refractivity contribution is -0.137. The molecule has 0 saturated heterocycles. The van der Waals surface area contributed by atoms with E-state index in [0.29, 0.717) is 17.2 Å². The molecule has 0 radical (unpaired) electrons. The van der Waals surface area contributed by atoms with Gasteiger partial charge in [-0.15, -0.1) is 11.8 Å². The van der Waals surface area contributed by atoms with E-state index < -0.39 is 17.3 Å². The highest BCUT2D eigenvalue weighted by Gasteiger charge is 2.30. The van der Waals surface area contributed by atoms with Gasteiger partial charge in [-0.05, 0) is 44.7 Å². The fraction of sp³-hybridized carbons (Fsp3) is 0.538. The van der Waals surface area contributed by atoms with Crippen LogP contribution in [0.4, 0.5) is 13.2 Å². The SMILES string of the molecule is CNC(C)(C#N)CCCSc1ccc(C(F)(F)F)cn1. The number of rotatable bonds is 6. The van der Waals surface area contributed by atoms with Crippen molar-refractivity contribution in [1.82, 2.24) is 10.3 Å². The Labute approximate surface area is 120 Å². The van der Waals surface area contributed by atoms with Crippen LogP contribution in [0.15, 0.2) is 23.4 Å². The standard InChI is InChI=1S/C13H16F3N3S/c1-12(9-17,18-2)6-3-7-20-11-5-4-10(8-19-11)13(14,15)16/h4-5,8,18H,3,6-7H2,1-2H3. The summed E-state index contributed by atoms with van der Waals surface area (Å²) in [6.45, 7) is 1.81. The monoisotopic (exact) mass is 303 g/mol. The Balaban J connectivity index is 2.42. The third-order valence-electron chi connectivity index (χ3n) is 2.93. The highest BCUT2D eigenvalue weighted by Crippen LogP contribution is 2.29. The molecule has 1 unspecified atom stereocenters. The van der Waals surface area contributed by atoms with Gasteiger partial charge >= 0.3 is 6.18 Å². The number of hydrogen-bond acceptors (Lipinski definition) is 4. The van der Waals surface area contributed by atoms with Gasteiger partial charge in [0.2, 0.25) is 0 Å². The Kier molecular flexibility index (Phi) is 5.84. The van der Waals surface area contributed by atoms with E-state index in [2.05, 4.69) is 16.4 Å². The van der Waals surface area contributed by atoms with Gasteiger partial charge in [0, 0.05) is 6.20 Å². The van der Waals surface area contributed by atoms with Crippen molar-refractivity contribution in [2.45, 2.75) is 36.5 Å². The average Bonchev–Trinajstić information content (AvgIpc) is 2.43. The van der Waals surface area contributed by atoms with Gasteiger partial charge in [0.25, 0.3) is 0 Å². The summed E-state index contributed by atoms with van der Waals surface area (Å²) < 4.78 is 37.1. The average molecular weight is 303 g/mol. The Morgan fingerprint density at radius 2 is 2.10 bits per heavy atom. The zero-order chi connectivity index (χ0) is 15.2. The summed E-state index contributed by atoms with van der Waals surface area (Å²) in [5, 5.41) is 12.5. The van der Waals surface area contributed by atoms with Gasteiger partial charge in [0.05, 0.1) is 16.7 Å². The molecule has 0 amide bonds. The number of alkyl halides is 3. The Hall–Kier alpha value is -1.26. The second-order valence-corrected chi connectivity index (χ2v) is 5.64. The number of pyridine rings is 1. The van der Waals surface area contributed by atoms with Crippen molar-refractivity contribution in [2.24, 2.45) is 0 Å². The van der Waals surface area contributed by atoms with Crippen LogP contribution < -0.4 is 5.32 Å². The van der Waals surface area contributed by atoms with E-state index in [-0.39, 0.29) is 0 Å². The molecule has 1 aromatic heterocycles. The van der Waals surface area contributed by atoms with Crippen molar-refractivity contribution in [3.8, 4) is 6.07 Å². The van der Waals surface area contributed by atoms with Gasteiger partial charge in [0.1, 0.15) is 5.54 Å². The van der Waals surface area contributed by atoms with Crippen LogP contribution in [0.25, 0.3) is 0 Å². The molecule has 0 aliphatic carbocycles. The lowest BCUT2D eigenvalue weighted by Gasteiger charge is -2.20. The Morgan fingerprint density at radius 1 is 1.40 bits per heavy atom. The summed E-state index contributed by atoms with van der Waals surface area (Å²) >= 11 is 1.39. The molecule has 110 valence electrons. The first-order chi connectivity index (χ1) is 9.30. The van der Waals surface area contributed by atoms with E-state index >= 15 is 0 Å². The predicted molar refractivity (Wildman–Crippen MR) is 72.3 cm³/mol. The molecule has 0 spiro atoms. The molecule has 0 aliphatic rings. The Bertz CT molecular complexity index is 467. The third-order valence-corrected chi connectivity index (χ3v) is 3.96. The molecule has 0 fully saturated rings. The second kappa shape index (κ2) is 6.95. The van der Waals surface area contributed by atoms with Crippen LogP contribution >= 0.6 is 11.8 Å². The van der Waals surface area contributed by atoms with Crippen molar-refractivity contribution in [2.75, 3.05) is 12.8 Å². The first kappa shape index (κ1) is 16.8. The zero-order valence-electron chi connectivity index (χ0n) is 11.3. The van der Waals surface area contributed by atoms with Gasteiger partial charge in [-0.25, -0.2) is 4.98 Å². The summed E-state index contributed by atoms with van der Waals surface area (Å²) in [6.07, 6.45) is -2.06. The molecule has 1 atom stereocenters. The smallest absolute Gasteiger partial charge is 0.303 e. The highest BCUT2D eigenvalue weighted by molar-refractivity contribution is 7.99. The van der Waals surface area contributed by atoms with Crippen molar-refractivity contribution in [3.05, 3.63) is 23.9 Å². The summed E-state index contributed by atoms with van der Waals surface area (Å²) in [6, 6.07) is 4.59. The summed E-state index contributed by atoms with van der Waals surface area (Å²) in [7, 11) is 1.73. The minimum absolute atomic E-state index is 0.557. The fourth-order valence-electron chi connectivity index (χ4n) is 1.47. The number of nitriles is 1. The number of hydrogen-bond donors (Lipinski definition) is 1. The van der Waals surface area contributed by atoms with E-state index in [9.17, 15) is 13.2 Å². The summed E-state index contributed by atoms with van der Waals surface area (Å²) in [5.41, 5.74) is -1.30. The summed E-state index contributed by atoms with van der Waals surface area (Å²) in [4.78, 5) is 3.78. The molecule has 1 rings (SSSR count). The van der Waals surface area contributed by atoms with Crippen LogP contribution in [-0.4, -0.2) is 23.3 Å². The first-order valence-electron chi connectivity index (χ1n) is 6.07. The van der Waals surface area contributed by atoms with Gasteiger partial charge in [0.15, 0.2) is 0 Å². The normalized spacial score (nSPS) is 14.6.